The second-order valence-electron chi connectivity index (χ2n) is 5.43. The van der Waals surface area contributed by atoms with Gasteiger partial charge in [-0.3, -0.25) is 0 Å². The lowest BCUT2D eigenvalue weighted by molar-refractivity contribution is 0.625. The van der Waals surface area contributed by atoms with Gasteiger partial charge in [0.05, 0.1) is 0 Å². The van der Waals surface area contributed by atoms with E-state index in [4.69, 9.17) is 0 Å². The molecule has 1 aromatic carbocycles. The molecule has 0 amide bonds. The first-order chi connectivity index (χ1) is 8.16. The first-order valence-corrected chi connectivity index (χ1v) is 6.37. The molecular formula is C15H20N2. The number of aryl methyl sites for hydroxylation is 2. The van der Waals surface area contributed by atoms with Gasteiger partial charge < -0.3 is 9.88 Å². The van der Waals surface area contributed by atoms with E-state index in [1.807, 2.05) is 7.05 Å². The summed E-state index contributed by atoms with van der Waals surface area (Å²) >= 11 is 0. The Labute approximate surface area is 103 Å². The lowest BCUT2D eigenvalue weighted by Crippen LogP contribution is -2.23. The average molecular weight is 228 g/mol. The van der Waals surface area contributed by atoms with Crippen LogP contribution in [-0.4, -0.2) is 18.2 Å². The summed E-state index contributed by atoms with van der Waals surface area (Å²) in [4.78, 5) is 0. The Hall–Kier alpha value is -1.28. The van der Waals surface area contributed by atoms with Crippen molar-refractivity contribution < 1.29 is 0 Å². The largest absolute Gasteiger partial charge is 0.348 e. The van der Waals surface area contributed by atoms with Gasteiger partial charge in [-0.1, -0.05) is 6.07 Å². The molecule has 1 aliphatic rings. The highest BCUT2D eigenvalue weighted by atomic mass is 14.9. The van der Waals surface area contributed by atoms with Crippen LogP contribution < -0.4 is 5.32 Å². The van der Waals surface area contributed by atoms with Crippen LogP contribution in [0.1, 0.15) is 24.1 Å². The summed E-state index contributed by atoms with van der Waals surface area (Å²) in [6, 6.07) is 9.25. The van der Waals surface area contributed by atoms with Crippen LogP contribution >= 0.6 is 0 Å². The molecule has 0 atom stereocenters. The Morgan fingerprint density at radius 1 is 1.29 bits per heavy atom. The normalized spacial score (nSPS) is 17.6. The number of likely N-dealkylation sites (N-methyl/N-ethyl adjacent to an activating group) is 1. The Balaban J connectivity index is 2.08. The molecular weight excluding hydrogens is 208 g/mol. The number of hydrogen-bond acceptors (Lipinski definition) is 1. The van der Waals surface area contributed by atoms with Crippen LogP contribution in [-0.2, 0) is 12.5 Å². The molecule has 2 heteroatoms. The summed E-state index contributed by atoms with van der Waals surface area (Å²) in [5.74, 6) is 0. The summed E-state index contributed by atoms with van der Waals surface area (Å²) in [5, 5.41) is 4.71. The molecule has 0 radical (unpaired) electrons. The highest BCUT2D eigenvalue weighted by Gasteiger charge is 2.43. The predicted molar refractivity (Wildman–Crippen MR) is 72.5 cm³/mol. The first-order valence-electron chi connectivity index (χ1n) is 6.37. The van der Waals surface area contributed by atoms with Gasteiger partial charge in [0.15, 0.2) is 0 Å². The van der Waals surface area contributed by atoms with Crippen molar-refractivity contribution in [2.75, 3.05) is 13.6 Å². The molecule has 0 spiro atoms. The highest BCUT2D eigenvalue weighted by molar-refractivity contribution is 5.82. The van der Waals surface area contributed by atoms with Gasteiger partial charge in [-0.25, -0.2) is 0 Å². The maximum Gasteiger partial charge on any atom is 0.0479 e. The zero-order valence-corrected chi connectivity index (χ0v) is 10.9. The number of aromatic nitrogens is 1. The molecule has 1 aromatic heterocycles. The summed E-state index contributed by atoms with van der Waals surface area (Å²) < 4.78 is 2.26. The van der Waals surface area contributed by atoms with Crippen molar-refractivity contribution in [2.45, 2.75) is 25.2 Å². The second kappa shape index (κ2) is 3.61. The van der Waals surface area contributed by atoms with Gasteiger partial charge in [0.25, 0.3) is 0 Å². The topological polar surface area (TPSA) is 17.0 Å². The maximum absolute atomic E-state index is 3.33. The van der Waals surface area contributed by atoms with Crippen molar-refractivity contribution in [1.82, 2.24) is 9.88 Å². The van der Waals surface area contributed by atoms with E-state index in [0.29, 0.717) is 5.41 Å². The molecule has 1 aliphatic carbocycles. The van der Waals surface area contributed by atoms with Gasteiger partial charge in [-0.05, 0) is 50.6 Å². The molecule has 1 fully saturated rings. The summed E-state index contributed by atoms with van der Waals surface area (Å²) in [6.07, 6.45) is 2.65. The molecule has 17 heavy (non-hydrogen) atoms. The van der Waals surface area contributed by atoms with E-state index in [2.05, 4.69) is 48.1 Å². The van der Waals surface area contributed by atoms with Crippen LogP contribution in [0.4, 0.5) is 0 Å². The monoisotopic (exact) mass is 228 g/mol. The second-order valence-corrected chi connectivity index (χ2v) is 5.43. The molecule has 1 heterocycles. The minimum Gasteiger partial charge on any atom is -0.348 e. The third-order valence-electron chi connectivity index (χ3n) is 4.26. The lowest BCUT2D eigenvalue weighted by Gasteiger charge is -2.15. The maximum atomic E-state index is 3.33. The van der Waals surface area contributed by atoms with Crippen LogP contribution in [0.25, 0.3) is 10.9 Å². The van der Waals surface area contributed by atoms with E-state index in [1.165, 1.54) is 35.0 Å². The molecule has 90 valence electrons. The SMILES string of the molecule is CNCC1(c2ccc3c(c2)cc(C)n3C)CC1. The standard InChI is InChI=1S/C15H20N2/c1-11-8-12-9-13(4-5-14(12)17(11)3)15(6-7-15)10-16-2/h4-5,8-9,16H,6-7,10H2,1-3H3. The third-order valence-corrected chi connectivity index (χ3v) is 4.26. The molecule has 0 aliphatic heterocycles. The number of hydrogen-bond donors (Lipinski definition) is 1. The fourth-order valence-corrected chi connectivity index (χ4v) is 2.87. The minimum absolute atomic E-state index is 0.423. The van der Waals surface area contributed by atoms with E-state index in [9.17, 15) is 0 Å². The average Bonchev–Trinajstić information content (AvgIpc) is 3.04. The summed E-state index contributed by atoms with van der Waals surface area (Å²) in [6.45, 7) is 3.27. The van der Waals surface area contributed by atoms with Crippen LogP contribution in [0.3, 0.4) is 0 Å². The van der Waals surface area contributed by atoms with E-state index in [-0.39, 0.29) is 0 Å². The molecule has 3 rings (SSSR count). The van der Waals surface area contributed by atoms with Crippen molar-refractivity contribution in [2.24, 2.45) is 7.05 Å². The van der Waals surface area contributed by atoms with E-state index >= 15 is 0 Å². The number of nitrogens with zero attached hydrogens (tertiary/aromatic N) is 1. The molecule has 1 saturated carbocycles. The van der Waals surface area contributed by atoms with E-state index in [0.717, 1.165) is 6.54 Å². The van der Waals surface area contributed by atoms with Gasteiger partial charge in [0.2, 0.25) is 0 Å². The Morgan fingerprint density at radius 3 is 2.71 bits per heavy atom. The van der Waals surface area contributed by atoms with Crippen LogP contribution in [0, 0.1) is 6.92 Å². The lowest BCUT2D eigenvalue weighted by atomic mass is 9.95. The van der Waals surface area contributed by atoms with Crippen molar-refractivity contribution in [3.63, 3.8) is 0 Å². The predicted octanol–water partition coefficient (Wildman–Crippen LogP) is 2.74. The third kappa shape index (κ3) is 1.59. The number of nitrogens with one attached hydrogen (secondary N) is 1. The van der Waals surface area contributed by atoms with Gasteiger partial charge in [0.1, 0.15) is 0 Å². The molecule has 0 saturated heterocycles. The molecule has 2 aromatic rings. The Morgan fingerprint density at radius 2 is 2.06 bits per heavy atom. The summed E-state index contributed by atoms with van der Waals surface area (Å²) in [5.41, 5.74) is 4.60. The quantitative estimate of drug-likeness (QED) is 0.854. The van der Waals surface area contributed by atoms with E-state index in [1.54, 1.807) is 0 Å². The highest BCUT2D eigenvalue weighted by Crippen LogP contribution is 2.48. The van der Waals surface area contributed by atoms with Gasteiger partial charge in [-0.2, -0.15) is 0 Å². The van der Waals surface area contributed by atoms with E-state index < -0.39 is 0 Å². The van der Waals surface area contributed by atoms with Crippen molar-refractivity contribution >= 4 is 10.9 Å². The Bertz CT molecular complexity index is 562. The minimum atomic E-state index is 0.423. The number of rotatable bonds is 3. The van der Waals surface area contributed by atoms with Crippen LogP contribution in [0.5, 0.6) is 0 Å². The molecule has 2 nitrogen and oxygen atoms in total. The first kappa shape index (κ1) is 10.8. The Kier molecular flexibility index (Phi) is 2.30. The van der Waals surface area contributed by atoms with Crippen molar-refractivity contribution in [3.8, 4) is 0 Å². The summed E-state index contributed by atoms with van der Waals surface area (Å²) in [7, 11) is 4.18. The zero-order chi connectivity index (χ0) is 12.0. The van der Waals surface area contributed by atoms with Crippen LogP contribution in [0.2, 0.25) is 0 Å². The number of benzene rings is 1. The van der Waals surface area contributed by atoms with Crippen molar-refractivity contribution in [3.05, 3.63) is 35.5 Å². The fraction of sp³-hybridized carbons (Fsp3) is 0.467. The van der Waals surface area contributed by atoms with Crippen LogP contribution in [0.15, 0.2) is 24.3 Å². The molecule has 0 unspecified atom stereocenters. The fourth-order valence-electron chi connectivity index (χ4n) is 2.87. The van der Waals surface area contributed by atoms with Crippen molar-refractivity contribution in [1.29, 1.82) is 0 Å². The van der Waals surface area contributed by atoms with Gasteiger partial charge in [-0.15, -0.1) is 0 Å². The van der Waals surface area contributed by atoms with Gasteiger partial charge >= 0.3 is 0 Å². The molecule has 1 N–H and O–H groups in total. The van der Waals surface area contributed by atoms with Gasteiger partial charge in [0, 0.05) is 35.6 Å². The smallest absolute Gasteiger partial charge is 0.0479 e. The number of fused-ring (bicyclic) bond motifs is 1. The molecule has 0 bridgehead atoms. The zero-order valence-electron chi connectivity index (χ0n) is 10.9.